The van der Waals surface area contributed by atoms with Gasteiger partial charge in [0.05, 0.1) is 24.2 Å². The Morgan fingerprint density at radius 2 is 1.86 bits per heavy atom. The second kappa shape index (κ2) is 7.67. The van der Waals surface area contributed by atoms with Crippen molar-refractivity contribution < 1.29 is 9.53 Å². The number of imidazole rings is 1. The van der Waals surface area contributed by atoms with Crippen molar-refractivity contribution in [1.29, 1.82) is 0 Å². The van der Waals surface area contributed by atoms with E-state index in [-0.39, 0.29) is 5.91 Å². The molecule has 0 atom stereocenters. The van der Waals surface area contributed by atoms with Crippen molar-refractivity contribution >= 4 is 30.2 Å². The van der Waals surface area contributed by atoms with Gasteiger partial charge in [-0.2, -0.15) is 0 Å². The predicted octanol–water partition coefficient (Wildman–Crippen LogP) is 2.36. The highest BCUT2D eigenvalue weighted by molar-refractivity contribution is 6.33. The van der Waals surface area contributed by atoms with Gasteiger partial charge in [0, 0.05) is 32.1 Å². The third kappa shape index (κ3) is 3.57. The summed E-state index contributed by atoms with van der Waals surface area (Å²) in [5.41, 5.74) is 7.97. The molecule has 0 bridgehead atoms. The van der Waals surface area contributed by atoms with Crippen LogP contribution in [-0.4, -0.2) is 54.5 Å². The molecular formula is C23H26BN3O2. The van der Waals surface area contributed by atoms with Crippen LogP contribution in [0, 0.1) is 20.8 Å². The molecule has 6 heteroatoms. The first kappa shape index (κ1) is 19.7. The third-order valence-electron chi connectivity index (χ3n) is 5.99. The van der Waals surface area contributed by atoms with Crippen LogP contribution in [0.15, 0.2) is 24.3 Å². The highest BCUT2D eigenvalue weighted by Gasteiger charge is 2.22. The van der Waals surface area contributed by atoms with E-state index in [2.05, 4.69) is 11.5 Å². The second-order valence-electron chi connectivity index (χ2n) is 7.91. The summed E-state index contributed by atoms with van der Waals surface area (Å²) < 4.78 is 7.49. The lowest BCUT2D eigenvalue weighted by molar-refractivity contribution is 0.0302. The van der Waals surface area contributed by atoms with E-state index in [1.807, 2.05) is 50.1 Å². The van der Waals surface area contributed by atoms with E-state index in [0.29, 0.717) is 32.7 Å². The number of ether oxygens (including phenoxy) is 1. The number of carbonyl (C=O) groups is 1. The third-order valence-corrected chi connectivity index (χ3v) is 5.99. The van der Waals surface area contributed by atoms with E-state index in [9.17, 15) is 4.79 Å². The van der Waals surface area contributed by atoms with Crippen molar-refractivity contribution in [2.75, 3.05) is 26.3 Å². The number of carbonyl (C=O) groups excluding carboxylic acids is 1. The zero-order chi connectivity index (χ0) is 20.7. The van der Waals surface area contributed by atoms with Crippen LogP contribution in [0.25, 0.3) is 11.0 Å². The van der Waals surface area contributed by atoms with Crippen molar-refractivity contribution in [3.05, 3.63) is 57.9 Å². The van der Waals surface area contributed by atoms with Gasteiger partial charge in [-0.1, -0.05) is 17.6 Å². The summed E-state index contributed by atoms with van der Waals surface area (Å²) in [5.74, 6) is 1.05. The van der Waals surface area contributed by atoms with Gasteiger partial charge in [-0.15, -0.1) is 0 Å². The molecular weight excluding hydrogens is 361 g/mol. The number of hydrogen-bond acceptors (Lipinski definition) is 3. The summed E-state index contributed by atoms with van der Waals surface area (Å²) in [4.78, 5) is 19.8. The molecule has 1 aliphatic heterocycles. The zero-order valence-electron chi connectivity index (χ0n) is 17.6. The van der Waals surface area contributed by atoms with Crippen LogP contribution >= 0.6 is 0 Å². The maximum Gasteiger partial charge on any atom is 0.254 e. The molecule has 1 amide bonds. The molecule has 0 N–H and O–H groups in total. The lowest BCUT2D eigenvalue weighted by Gasteiger charge is -2.28. The van der Waals surface area contributed by atoms with Crippen LogP contribution < -0.4 is 5.46 Å². The lowest BCUT2D eigenvalue weighted by Crippen LogP contribution is -2.41. The molecule has 1 aromatic heterocycles. The molecule has 4 rings (SSSR count). The number of benzene rings is 2. The second-order valence-corrected chi connectivity index (χ2v) is 7.91. The first-order valence-electron chi connectivity index (χ1n) is 10.0. The lowest BCUT2D eigenvalue weighted by atomic mass is 9.94. The molecule has 1 saturated heterocycles. The monoisotopic (exact) mass is 387 g/mol. The molecule has 29 heavy (non-hydrogen) atoms. The van der Waals surface area contributed by atoms with Gasteiger partial charge in [-0.25, -0.2) is 4.98 Å². The van der Waals surface area contributed by atoms with Crippen LogP contribution in [0.3, 0.4) is 0 Å². The minimum atomic E-state index is 0.0840. The van der Waals surface area contributed by atoms with E-state index in [1.54, 1.807) is 0 Å². The Morgan fingerprint density at radius 1 is 1.14 bits per heavy atom. The van der Waals surface area contributed by atoms with E-state index < -0.39 is 0 Å². The summed E-state index contributed by atoms with van der Waals surface area (Å²) in [6.07, 6.45) is 0.673. The predicted molar refractivity (Wildman–Crippen MR) is 116 cm³/mol. The molecule has 1 aliphatic rings. The average Bonchev–Trinajstić information content (AvgIpc) is 3.01. The first-order valence-corrected chi connectivity index (χ1v) is 10.0. The molecule has 0 saturated carbocycles. The summed E-state index contributed by atoms with van der Waals surface area (Å²) >= 11 is 0. The van der Waals surface area contributed by atoms with Gasteiger partial charge in [-0.05, 0) is 55.2 Å². The molecule has 1 fully saturated rings. The van der Waals surface area contributed by atoms with Crippen LogP contribution in [-0.2, 0) is 18.2 Å². The Balaban J connectivity index is 1.72. The molecule has 2 heterocycles. The molecule has 0 spiro atoms. The Hall–Kier alpha value is -2.60. The maximum atomic E-state index is 13.1. The van der Waals surface area contributed by atoms with Crippen LogP contribution in [0.2, 0.25) is 0 Å². The number of nitrogens with zero attached hydrogens (tertiary/aromatic N) is 3. The normalized spacial score (nSPS) is 14.6. The summed E-state index contributed by atoms with van der Waals surface area (Å²) in [6.45, 7) is 8.67. The Bertz CT molecular complexity index is 1100. The van der Waals surface area contributed by atoms with Crippen LogP contribution in [0.1, 0.15) is 38.4 Å². The fraction of sp³-hybridized carbons (Fsp3) is 0.391. The van der Waals surface area contributed by atoms with E-state index >= 15 is 0 Å². The van der Waals surface area contributed by atoms with E-state index in [1.165, 1.54) is 5.56 Å². The Kier molecular flexibility index (Phi) is 5.22. The fourth-order valence-corrected chi connectivity index (χ4v) is 4.18. The standard InChI is InChI=1S/C23H26BN3O2/c1-14-5-6-18(23(28)27-7-9-29-10-8-27)16(3)19(14)13-21-25-22-15(2)11-17(24)12-20(22)26(21)4/h5-6,11-12H,7-10,13H2,1-4H3. The Labute approximate surface area is 173 Å². The molecule has 148 valence electrons. The van der Waals surface area contributed by atoms with Crippen molar-refractivity contribution in [2.24, 2.45) is 7.05 Å². The Morgan fingerprint density at radius 3 is 2.59 bits per heavy atom. The van der Waals surface area contributed by atoms with Crippen LogP contribution in [0.4, 0.5) is 0 Å². The van der Waals surface area contributed by atoms with Gasteiger partial charge in [0.15, 0.2) is 0 Å². The number of amides is 1. The van der Waals surface area contributed by atoms with E-state index in [0.717, 1.165) is 44.6 Å². The van der Waals surface area contributed by atoms with Gasteiger partial charge in [-0.3, -0.25) is 4.79 Å². The number of rotatable bonds is 3. The van der Waals surface area contributed by atoms with Gasteiger partial charge < -0.3 is 14.2 Å². The van der Waals surface area contributed by atoms with Crippen LogP contribution in [0.5, 0.6) is 0 Å². The highest BCUT2D eigenvalue weighted by Crippen LogP contribution is 2.25. The number of morpholine rings is 1. The molecule has 2 aromatic carbocycles. The topological polar surface area (TPSA) is 47.4 Å². The SMILES string of the molecule is [B]c1cc(C)c2nc(Cc3c(C)ccc(C(=O)N4CCOCC4)c3C)n(C)c2c1. The first-order chi connectivity index (χ1) is 13.9. The number of aryl methyl sites for hydroxylation is 3. The van der Waals surface area contributed by atoms with Gasteiger partial charge in [0.2, 0.25) is 0 Å². The summed E-state index contributed by atoms with van der Waals surface area (Å²) in [6, 6.07) is 7.92. The summed E-state index contributed by atoms with van der Waals surface area (Å²) in [5, 5.41) is 0. The molecule has 5 nitrogen and oxygen atoms in total. The maximum absolute atomic E-state index is 13.1. The molecule has 2 radical (unpaired) electrons. The fourth-order valence-electron chi connectivity index (χ4n) is 4.18. The molecule has 3 aromatic rings. The van der Waals surface area contributed by atoms with Crippen molar-refractivity contribution in [2.45, 2.75) is 27.2 Å². The van der Waals surface area contributed by atoms with Crippen molar-refractivity contribution in [3.8, 4) is 0 Å². The average molecular weight is 387 g/mol. The van der Waals surface area contributed by atoms with Crippen molar-refractivity contribution in [1.82, 2.24) is 14.5 Å². The van der Waals surface area contributed by atoms with Gasteiger partial charge >= 0.3 is 0 Å². The van der Waals surface area contributed by atoms with Gasteiger partial charge in [0.25, 0.3) is 5.91 Å². The number of fused-ring (bicyclic) bond motifs is 1. The minimum Gasteiger partial charge on any atom is -0.378 e. The quantitative estimate of drug-likeness (QED) is 0.649. The minimum absolute atomic E-state index is 0.0840. The summed E-state index contributed by atoms with van der Waals surface area (Å²) in [7, 11) is 8.06. The largest absolute Gasteiger partial charge is 0.378 e. The van der Waals surface area contributed by atoms with E-state index in [4.69, 9.17) is 17.6 Å². The van der Waals surface area contributed by atoms with Gasteiger partial charge in [0.1, 0.15) is 13.7 Å². The smallest absolute Gasteiger partial charge is 0.254 e. The molecule has 0 unspecified atom stereocenters. The highest BCUT2D eigenvalue weighted by atomic mass is 16.5. The number of aromatic nitrogens is 2. The van der Waals surface area contributed by atoms with Crippen molar-refractivity contribution in [3.63, 3.8) is 0 Å². The zero-order valence-corrected chi connectivity index (χ0v) is 17.6. The molecule has 0 aliphatic carbocycles. The number of hydrogen-bond donors (Lipinski definition) is 0.